The van der Waals surface area contributed by atoms with E-state index in [9.17, 15) is 18.8 Å². The number of anilines is 1. The average Bonchev–Trinajstić information content (AvgIpc) is 3.14. The van der Waals surface area contributed by atoms with E-state index in [1.165, 1.54) is 18.2 Å². The number of hydrogen-bond donors (Lipinski definition) is 2. The van der Waals surface area contributed by atoms with Gasteiger partial charge in [-0.15, -0.1) is 11.3 Å². The van der Waals surface area contributed by atoms with Gasteiger partial charge in [-0.2, -0.15) is 0 Å². The Bertz CT molecular complexity index is 1110. The first kappa shape index (κ1) is 23.1. The van der Waals surface area contributed by atoms with E-state index in [0.717, 1.165) is 23.0 Å². The molecule has 0 radical (unpaired) electrons. The van der Waals surface area contributed by atoms with E-state index in [1.54, 1.807) is 19.9 Å². The minimum absolute atomic E-state index is 0.00280. The van der Waals surface area contributed by atoms with Gasteiger partial charge in [0.05, 0.1) is 28.9 Å². The van der Waals surface area contributed by atoms with Crippen LogP contribution in [0.2, 0.25) is 0 Å². The van der Waals surface area contributed by atoms with Gasteiger partial charge in [0.15, 0.2) is 0 Å². The number of aryl methyl sites for hydroxylation is 1. The molecule has 0 saturated heterocycles. The third-order valence-electron chi connectivity index (χ3n) is 4.63. The molecule has 32 heavy (non-hydrogen) atoms. The van der Waals surface area contributed by atoms with Crippen LogP contribution < -0.4 is 10.6 Å². The number of thiophene rings is 1. The van der Waals surface area contributed by atoms with Crippen LogP contribution in [0.3, 0.4) is 0 Å². The van der Waals surface area contributed by atoms with Crippen molar-refractivity contribution in [2.45, 2.75) is 26.3 Å². The van der Waals surface area contributed by atoms with Crippen LogP contribution in [-0.4, -0.2) is 24.4 Å². The summed E-state index contributed by atoms with van der Waals surface area (Å²) in [5.74, 6) is -1.75. The minimum atomic E-state index is -0.561. The van der Waals surface area contributed by atoms with Crippen molar-refractivity contribution in [1.29, 1.82) is 0 Å². The van der Waals surface area contributed by atoms with E-state index in [1.807, 2.05) is 30.3 Å². The molecule has 1 heterocycles. The maximum atomic E-state index is 13.4. The van der Waals surface area contributed by atoms with Gasteiger partial charge in [-0.25, -0.2) is 4.39 Å². The van der Waals surface area contributed by atoms with Crippen molar-refractivity contribution in [2.75, 3.05) is 11.9 Å². The molecular formula is C24H23FN2O4S. The smallest absolute Gasteiger partial charge is 0.308 e. The van der Waals surface area contributed by atoms with Crippen molar-refractivity contribution in [2.24, 2.45) is 0 Å². The largest absolute Gasteiger partial charge is 0.466 e. The number of carbonyl (C=O) groups is 3. The number of benzene rings is 2. The second-order valence-electron chi connectivity index (χ2n) is 7.03. The van der Waals surface area contributed by atoms with E-state index >= 15 is 0 Å². The van der Waals surface area contributed by atoms with Crippen molar-refractivity contribution in [3.63, 3.8) is 0 Å². The number of rotatable bonds is 8. The Morgan fingerprint density at radius 2 is 1.78 bits per heavy atom. The molecule has 0 spiro atoms. The second-order valence-corrected chi connectivity index (χ2v) is 8.09. The molecule has 2 amide bonds. The first-order valence-corrected chi connectivity index (χ1v) is 10.9. The highest BCUT2D eigenvalue weighted by Gasteiger charge is 2.22. The molecule has 166 valence electrons. The van der Waals surface area contributed by atoms with Gasteiger partial charge in [0.1, 0.15) is 5.82 Å². The fourth-order valence-electron chi connectivity index (χ4n) is 3.13. The van der Waals surface area contributed by atoms with Crippen LogP contribution in [0, 0.1) is 12.7 Å². The summed E-state index contributed by atoms with van der Waals surface area (Å²) in [4.78, 5) is 37.8. The molecule has 0 aliphatic heterocycles. The zero-order valence-electron chi connectivity index (χ0n) is 17.7. The van der Waals surface area contributed by atoms with Crippen LogP contribution in [-0.2, 0) is 9.53 Å². The summed E-state index contributed by atoms with van der Waals surface area (Å²) in [6, 6.07) is 15.6. The Hall–Kier alpha value is -3.52. The number of ether oxygens (including phenoxy) is 1. The summed E-state index contributed by atoms with van der Waals surface area (Å²) < 4.78 is 18.4. The van der Waals surface area contributed by atoms with Crippen LogP contribution in [0.4, 0.5) is 9.39 Å². The Morgan fingerprint density at radius 3 is 2.47 bits per heavy atom. The average molecular weight is 455 g/mol. The molecule has 2 N–H and O–H groups in total. The van der Waals surface area contributed by atoms with E-state index in [4.69, 9.17) is 4.74 Å². The lowest BCUT2D eigenvalue weighted by Gasteiger charge is -2.18. The first-order chi connectivity index (χ1) is 15.4. The monoisotopic (exact) mass is 454 g/mol. The first-order valence-electron chi connectivity index (χ1n) is 10.1. The van der Waals surface area contributed by atoms with Crippen molar-refractivity contribution in [3.05, 3.63) is 88.0 Å². The fraction of sp³-hybridized carbons (Fsp3) is 0.208. The predicted molar refractivity (Wildman–Crippen MR) is 121 cm³/mol. The Labute approximate surface area is 189 Å². The molecule has 0 fully saturated rings. The van der Waals surface area contributed by atoms with E-state index in [0.29, 0.717) is 15.4 Å². The lowest BCUT2D eigenvalue weighted by Crippen LogP contribution is -2.30. The summed E-state index contributed by atoms with van der Waals surface area (Å²) in [5, 5.41) is 6.05. The van der Waals surface area contributed by atoms with Crippen LogP contribution in [0.25, 0.3) is 0 Å². The van der Waals surface area contributed by atoms with Gasteiger partial charge in [0.2, 0.25) is 0 Å². The number of hydrogen-bond acceptors (Lipinski definition) is 5. The molecule has 1 aromatic heterocycles. The second kappa shape index (κ2) is 10.7. The molecule has 1 unspecified atom stereocenters. The molecule has 1 atom stereocenters. The minimum Gasteiger partial charge on any atom is -0.466 e. The molecule has 6 nitrogen and oxygen atoms in total. The van der Waals surface area contributed by atoms with Gasteiger partial charge in [-0.1, -0.05) is 36.4 Å². The van der Waals surface area contributed by atoms with E-state index in [-0.39, 0.29) is 24.5 Å². The molecule has 8 heteroatoms. The molecule has 2 aromatic carbocycles. The Morgan fingerprint density at radius 1 is 1.03 bits per heavy atom. The van der Waals surface area contributed by atoms with Crippen LogP contribution >= 0.6 is 11.3 Å². The number of carbonyl (C=O) groups excluding carboxylic acids is 3. The maximum Gasteiger partial charge on any atom is 0.308 e. The Balaban J connectivity index is 1.75. The van der Waals surface area contributed by atoms with Crippen LogP contribution in [0.15, 0.2) is 60.7 Å². The maximum absolute atomic E-state index is 13.4. The number of nitrogens with one attached hydrogen (secondary N) is 2. The Kier molecular flexibility index (Phi) is 7.72. The molecule has 0 aliphatic carbocycles. The highest BCUT2D eigenvalue weighted by molar-refractivity contribution is 7.18. The van der Waals surface area contributed by atoms with Gasteiger partial charge in [0.25, 0.3) is 11.8 Å². The summed E-state index contributed by atoms with van der Waals surface area (Å²) in [6.07, 6.45) is -0.00280. The highest BCUT2D eigenvalue weighted by atomic mass is 32.1. The third-order valence-corrected chi connectivity index (χ3v) is 5.78. The van der Waals surface area contributed by atoms with Gasteiger partial charge in [0, 0.05) is 5.56 Å². The van der Waals surface area contributed by atoms with E-state index < -0.39 is 23.7 Å². The van der Waals surface area contributed by atoms with Crippen molar-refractivity contribution in [3.8, 4) is 0 Å². The van der Waals surface area contributed by atoms with E-state index in [2.05, 4.69) is 10.6 Å². The van der Waals surface area contributed by atoms with Gasteiger partial charge in [-0.05, 0) is 49.2 Å². The quantitative estimate of drug-likeness (QED) is 0.476. The molecule has 0 aliphatic rings. The summed E-state index contributed by atoms with van der Waals surface area (Å²) in [5.41, 5.74) is 1.63. The molecule has 3 rings (SSSR count). The molecule has 0 saturated carbocycles. The number of halogens is 1. The summed E-state index contributed by atoms with van der Waals surface area (Å²) in [6.45, 7) is 3.74. The van der Waals surface area contributed by atoms with Crippen LogP contribution in [0.1, 0.15) is 50.5 Å². The summed E-state index contributed by atoms with van der Waals surface area (Å²) in [7, 11) is 0. The highest BCUT2D eigenvalue weighted by Crippen LogP contribution is 2.28. The van der Waals surface area contributed by atoms with Crippen molar-refractivity contribution in [1.82, 2.24) is 5.32 Å². The zero-order valence-corrected chi connectivity index (χ0v) is 18.5. The SMILES string of the molecule is CCOC(=O)CC(NC(=O)c1sc(NC(=O)c2cccc(F)c2)cc1C)c1ccccc1. The normalized spacial score (nSPS) is 11.5. The van der Waals surface area contributed by atoms with Gasteiger partial charge >= 0.3 is 5.97 Å². The topological polar surface area (TPSA) is 84.5 Å². The van der Waals surface area contributed by atoms with Crippen LogP contribution in [0.5, 0.6) is 0 Å². The lowest BCUT2D eigenvalue weighted by molar-refractivity contribution is -0.143. The molecular weight excluding hydrogens is 431 g/mol. The fourth-order valence-corrected chi connectivity index (χ4v) is 4.10. The zero-order chi connectivity index (χ0) is 23.1. The third kappa shape index (κ3) is 6.01. The number of amides is 2. The van der Waals surface area contributed by atoms with Gasteiger partial charge in [-0.3, -0.25) is 14.4 Å². The lowest BCUT2D eigenvalue weighted by atomic mass is 10.0. The van der Waals surface area contributed by atoms with Crippen molar-refractivity contribution < 1.29 is 23.5 Å². The summed E-state index contributed by atoms with van der Waals surface area (Å²) >= 11 is 1.11. The predicted octanol–water partition coefficient (Wildman–Crippen LogP) is 4.87. The number of esters is 1. The standard InChI is InChI=1S/C24H23FN2O4S/c1-3-31-21(28)14-19(16-8-5-4-6-9-16)26-24(30)22-15(2)12-20(32-22)27-23(29)17-10-7-11-18(25)13-17/h4-13,19H,3,14H2,1-2H3,(H,26,30)(H,27,29). The van der Waals surface area contributed by atoms with Crippen molar-refractivity contribution >= 4 is 34.1 Å². The van der Waals surface area contributed by atoms with Gasteiger partial charge < -0.3 is 15.4 Å². The molecule has 0 bridgehead atoms. The molecule has 3 aromatic rings.